The van der Waals surface area contributed by atoms with Gasteiger partial charge in [0, 0.05) is 11.1 Å². The molecule has 0 aliphatic rings. The fourth-order valence-electron chi connectivity index (χ4n) is 2.07. The van der Waals surface area contributed by atoms with Crippen LogP contribution in [0.4, 0.5) is 0 Å². The average Bonchev–Trinajstić information content (AvgIpc) is 2.38. The SMILES string of the molecule is CCCC(OCC)C(Cc1ccc(Br)cc1)NN. The Morgan fingerprint density at radius 3 is 2.44 bits per heavy atom. The maximum Gasteiger partial charge on any atom is 0.0744 e. The highest BCUT2D eigenvalue weighted by molar-refractivity contribution is 9.10. The molecule has 1 aromatic rings. The first-order chi connectivity index (χ1) is 8.71. The van der Waals surface area contributed by atoms with E-state index in [0.29, 0.717) is 0 Å². The molecule has 0 saturated heterocycles. The van der Waals surface area contributed by atoms with Crippen molar-refractivity contribution in [2.45, 2.75) is 45.3 Å². The topological polar surface area (TPSA) is 47.3 Å². The van der Waals surface area contributed by atoms with Gasteiger partial charge in [0.2, 0.25) is 0 Å². The molecule has 0 radical (unpaired) electrons. The van der Waals surface area contributed by atoms with Crippen LogP contribution < -0.4 is 11.3 Å². The molecule has 0 saturated carbocycles. The molecule has 4 heteroatoms. The lowest BCUT2D eigenvalue weighted by Gasteiger charge is -2.26. The molecular weight excluding hydrogens is 292 g/mol. The highest BCUT2D eigenvalue weighted by Crippen LogP contribution is 2.15. The van der Waals surface area contributed by atoms with E-state index in [-0.39, 0.29) is 12.1 Å². The molecular formula is C14H23BrN2O. The molecule has 0 fully saturated rings. The van der Waals surface area contributed by atoms with Gasteiger partial charge in [0.1, 0.15) is 0 Å². The summed E-state index contributed by atoms with van der Waals surface area (Å²) in [6, 6.07) is 8.50. The first-order valence-electron chi connectivity index (χ1n) is 6.53. The third-order valence-electron chi connectivity index (χ3n) is 2.99. The second-order valence-electron chi connectivity index (χ2n) is 4.39. The van der Waals surface area contributed by atoms with Crippen LogP contribution in [-0.4, -0.2) is 18.8 Å². The standard InChI is InChI=1S/C14H23BrN2O/c1-3-5-14(18-4-2)13(17-16)10-11-6-8-12(15)9-7-11/h6-9,13-14,17H,3-5,10,16H2,1-2H3. The molecule has 0 bridgehead atoms. The number of nitrogens with two attached hydrogens (primary N) is 1. The van der Waals surface area contributed by atoms with Crippen LogP contribution in [0.25, 0.3) is 0 Å². The number of hydrogen-bond acceptors (Lipinski definition) is 3. The molecule has 18 heavy (non-hydrogen) atoms. The van der Waals surface area contributed by atoms with E-state index in [4.69, 9.17) is 10.6 Å². The Morgan fingerprint density at radius 1 is 1.28 bits per heavy atom. The van der Waals surface area contributed by atoms with Crippen LogP contribution in [0.15, 0.2) is 28.7 Å². The van der Waals surface area contributed by atoms with Gasteiger partial charge in [-0.05, 0) is 37.5 Å². The lowest BCUT2D eigenvalue weighted by atomic mass is 9.99. The summed E-state index contributed by atoms with van der Waals surface area (Å²) in [5.41, 5.74) is 4.16. The molecule has 2 atom stereocenters. The summed E-state index contributed by atoms with van der Waals surface area (Å²) in [4.78, 5) is 0. The van der Waals surface area contributed by atoms with Crippen LogP contribution in [0.5, 0.6) is 0 Å². The van der Waals surface area contributed by atoms with Gasteiger partial charge in [-0.15, -0.1) is 0 Å². The molecule has 2 unspecified atom stereocenters. The Kier molecular flexibility index (Phi) is 7.51. The van der Waals surface area contributed by atoms with Crippen molar-refractivity contribution in [3.63, 3.8) is 0 Å². The molecule has 0 aromatic heterocycles. The summed E-state index contributed by atoms with van der Waals surface area (Å²) in [5, 5.41) is 0. The summed E-state index contributed by atoms with van der Waals surface area (Å²) in [5.74, 6) is 5.67. The summed E-state index contributed by atoms with van der Waals surface area (Å²) < 4.78 is 6.88. The van der Waals surface area contributed by atoms with Gasteiger partial charge in [0.05, 0.1) is 12.1 Å². The summed E-state index contributed by atoms with van der Waals surface area (Å²) in [6.45, 7) is 4.91. The minimum absolute atomic E-state index is 0.158. The molecule has 0 amide bonds. The largest absolute Gasteiger partial charge is 0.377 e. The zero-order valence-electron chi connectivity index (χ0n) is 11.2. The monoisotopic (exact) mass is 314 g/mol. The summed E-state index contributed by atoms with van der Waals surface area (Å²) in [6.07, 6.45) is 3.19. The van der Waals surface area contributed by atoms with Crippen LogP contribution in [0, 0.1) is 0 Å². The van der Waals surface area contributed by atoms with Gasteiger partial charge in [-0.1, -0.05) is 41.4 Å². The van der Waals surface area contributed by atoms with Gasteiger partial charge in [-0.2, -0.15) is 0 Å². The average molecular weight is 315 g/mol. The molecule has 3 nitrogen and oxygen atoms in total. The zero-order chi connectivity index (χ0) is 13.4. The van der Waals surface area contributed by atoms with Crippen molar-refractivity contribution in [1.82, 2.24) is 5.43 Å². The number of halogens is 1. The minimum atomic E-state index is 0.158. The van der Waals surface area contributed by atoms with Gasteiger partial charge in [-0.25, -0.2) is 0 Å². The lowest BCUT2D eigenvalue weighted by molar-refractivity contribution is 0.0281. The molecule has 102 valence electrons. The Hall–Kier alpha value is -0.420. The van der Waals surface area contributed by atoms with E-state index >= 15 is 0 Å². The number of benzene rings is 1. The van der Waals surface area contributed by atoms with E-state index in [1.54, 1.807) is 0 Å². The highest BCUT2D eigenvalue weighted by Gasteiger charge is 2.20. The number of hydrazine groups is 1. The van der Waals surface area contributed by atoms with E-state index in [0.717, 1.165) is 30.3 Å². The van der Waals surface area contributed by atoms with Gasteiger partial charge >= 0.3 is 0 Å². The van der Waals surface area contributed by atoms with Gasteiger partial charge in [0.15, 0.2) is 0 Å². The molecule has 1 rings (SSSR count). The highest BCUT2D eigenvalue weighted by atomic mass is 79.9. The van der Waals surface area contributed by atoms with Crippen molar-refractivity contribution < 1.29 is 4.74 Å². The Labute approximate surface area is 118 Å². The molecule has 0 spiro atoms. The molecule has 1 aromatic carbocycles. The maximum atomic E-state index is 5.78. The molecule has 0 aliphatic heterocycles. The van der Waals surface area contributed by atoms with Crippen LogP contribution in [0.1, 0.15) is 32.3 Å². The van der Waals surface area contributed by atoms with Gasteiger partial charge < -0.3 is 4.74 Å². The maximum absolute atomic E-state index is 5.78. The van der Waals surface area contributed by atoms with Crippen molar-refractivity contribution in [3.8, 4) is 0 Å². The van der Waals surface area contributed by atoms with Crippen molar-refractivity contribution in [3.05, 3.63) is 34.3 Å². The lowest BCUT2D eigenvalue weighted by Crippen LogP contribution is -2.46. The minimum Gasteiger partial charge on any atom is -0.377 e. The summed E-state index contributed by atoms with van der Waals surface area (Å²) in [7, 11) is 0. The fraction of sp³-hybridized carbons (Fsp3) is 0.571. The third kappa shape index (κ3) is 5.06. The van der Waals surface area contributed by atoms with Crippen molar-refractivity contribution in [2.24, 2.45) is 5.84 Å². The van der Waals surface area contributed by atoms with Crippen molar-refractivity contribution in [1.29, 1.82) is 0 Å². The smallest absolute Gasteiger partial charge is 0.0744 e. The summed E-state index contributed by atoms with van der Waals surface area (Å²) >= 11 is 3.44. The number of ether oxygens (including phenoxy) is 1. The molecule has 0 aliphatic carbocycles. The fourth-order valence-corrected chi connectivity index (χ4v) is 2.34. The third-order valence-corrected chi connectivity index (χ3v) is 3.51. The predicted molar refractivity (Wildman–Crippen MR) is 79.3 cm³/mol. The van der Waals surface area contributed by atoms with Crippen LogP contribution in [0.3, 0.4) is 0 Å². The van der Waals surface area contributed by atoms with Crippen LogP contribution in [0.2, 0.25) is 0 Å². The first kappa shape index (κ1) is 15.6. The van der Waals surface area contributed by atoms with Gasteiger partial charge in [-0.3, -0.25) is 11.3 Å². The second kappa shape index (κ2) is 8.64. The quantitative estimate of drug-likeness (QED) is 0.573. The van der Waals surface area contributed by atoms with E-state index in [1.165, 1.54) is 5.56 Å². The first-order valence-corrected chi connectivity index (χ1v) is 7.32. The second-order valence-corrected chi connectivity index (χ2v) is 5.30. The Bertz CT molecular complexity index is 323. The number of rotatable bonds is 8. The normalized spacial score (nSPS) is 14.4. The molecule has 3 N–H and O–H groups in total. The van der Waals surface area contributed by atoms with E-state index < -0.39 is 0 Å². The van der Waals surface area contributed by atoms with Crippen LogP contribution >= 0.6 is 15.9 Å². The van der Waals surface area contributed by atoms with Gasteiger partial charge in [0.25, 0.3) is 0 Å². The van der Waals surface area contributed by atoms with Crippen molar-refractivity contribution in [2.75, 3.05) is 6.61 Å². The number of hydrogen-bond donors (Lipinski definition) is 2. The Morgan fingerprint density at radius 2 is 1.94 bits per heavy atom. The van der Waals surface area contributed by atoms with Crippen molar-refractivity contribution >= 4 is 15.9 Å². The number of nitrogens with one attached hydrogen (secondary N) is 1. The Balaban J connectivity index is 2.66. The van der Waals surface area contributed by atoms with E-state index in [2.05, 4.69) is 52.5 Å². The predicted octanol–water partition coefficient (Wildman–Crippen LogP) is 3.03. The van der Waals surface area contributed by atoms with E-state index in [1.807, 2.05) is 6.92 Å². The van der Waals surface area contributed by atoms with E-state index in [9.17, 15) is 0 Å². The molecule has 0 heterocycles. The zero-order valence-corrected chi connectivity index (χ0v) is 12.7. The van der Waals surface area contributed by atoms with Crippen LogP contribution in [-0.2, 0) is 11.2 Å².